The summed E-state index contributed by atoms with van der Waals surface area (Å²) in [7, 11) is 0. The van der Waals surface area contributed by atoms with Gasteiger partial charge in [-0.2, -0.15) is 0 Å². The number of phenolic OH excluding ortho intramolecular Hbond substituents is 1. The van der Waals surface area contributed by atoms with Crippen LogP contribution in [0, 0.1) is 6.92 Å². The average molecular weight is 412 g/mol. The summed E-state index contributed by atoms with van der Waals surface area (Å²) in [5.74, 6) is 0.960. The Morgan fingerprint density at radius 3 is 2.83 bits per heavy atom. The van der Waals surface area contributed by atoms with E-state index < -0.39 is 0 Å². The molecule has 3 aromatic rings. The summed E-state index contributed by atoms with van der Waals surface area (Å²) in [4.78, 5) is 31.7. The molecule has 0 aliphatic carbocycles. The summed E-state index contributed by atoms with van der Waals surface area (Å²) in [6.07, 6.45) is 5.61. The van der Waals surface area contributed by atoms with Crippen molar-refractivity contribution in [1.29, 1.82) is 0 Å². The van der Waals surface area contributed by atoms with E-state index >= 15 is 0 Å². The van der Waals surface area contributed by atoms with Gasteiger partial charge in [0.25, 0.3) is 11.5 Å². The summed E-state index contributed by atoms with van der Waals surface area (Å²) in [6.45, 7) is 3.11. The van der Waals surface area contributed by atoms with Gasteiger partial charge in [-0.05, 0) is 55.9 Å². The number of thiophene rings is 1. The van der Waals surface area contributed by atoms with Crippen molar-refractivity contribution in [2.45, 2.75) is 52.0 Å². The first kappa shape index (κ1) is 19.6. The number of benzene rings is 1. The molecule has 1 amide bonds. The number of phenols is 1. The highest BCUT2D eigenvalue weighted by Gasteiger charge is 2.22. The van der Waals surface area contributed by atoms with E-state index in [0.29, 0.717) is 28.2 Å². The summed E-state index contributed by atoms with van der Waals surface area (Å²) in [5.41, 5.74) is 1.85. The van der Waals surface area contributed by atoms with Crippen molar-refractivity contribution in [3.8, 4) is 5.75 Å². The van der Waals surface area contributed by atoms with Crippen molar-refractivity contribution >= 4 is 27.5 Å². The number of carbonyl (C=O) groups excluding carboxylic acids is 1. The van der Waals surface area contributed by atoms with E-state index in [1.54, 1.807) is 16.7 Å². The molecule has 0 spiro atoms. The lowest BCUT2D eigenvalue weighted by molar-refractivity contribution is 0.0957. The van der Waals surface area contributed by atoms with Gasteiger partial charge in [0.15, 0.2) is 0 Å². The monoisotopic (exact) mass is 411 g/mol. The number of hydrogen-bond acceptors (Lipinski definition) is 5. The van der Waals surface area contributed by atoms with Gasteiger partial charge < -0.3 is 10.4 Å². The third-order valence-corrected chi connectivity index (χ3v) is 6.67. The molecule has 0 saturated carbocycles. The molecule has 1 aliphatic rings. The topological polar surface area (TPSA) is 84.2 Å². The molecule has 0 fully saturated rings. The van der Waals surface area contributed by atoms with Crippen molar-refractivity contribution in [2.24, 2.45) is 0 Å². The fourth-order valence-electron chi connectivity index (χ4n) is 3.86. The summed E-state index contributed by atoms with van der Waals surface area (Å²) in [6, 6.07) is 7.11. The SMILES string of the molecule is Cc1c(C(=O)NCCCc2ccc(O)cc2)sc2nc3n(c(=O)c12)CCCCC3. The van der Waals surface area contributed by atoms with Crippen LogP contribution in [0.2, 0.25) is 0 Å². The molecule has 0 atom stereocenters. The van der Waals surface area contributed by atoms with E-state index in [9.17, 15) is 14.7 Å². The minimum absolute atomic E-state index is 0.00738. The maximum Gasteiger partial charge on any atom is 0.262 e. The van der Waals surface area contributed by atoms with Gasteiger partial charge in [-0.25, -0.2) is 4.98 Å². The van der Waals surface area contributed by atoms with Crippen LogP contribution >= 0.6 is 11.3 Å². The third-order valence-electron chi connectivity index (χ3n) is 5.48. The Balaban J connectivity index is 1.47. The molecule has 29 heavy (non-hydrogen) atoms. The van der Waals surface area contributed by atoms with Gasteiger partial charge in [-0.15, -0.1) is 11.3 Å². The molecule has 1 aliphatic heterocycles. The first-order valence-electron chi connectivity index (χ1n) is 10.1. The molecular formula is C22H25N3O3S. The predicted molar refractivity (Wildman–Crippen MR) is 115 cm³/mol. The van der Waals surface area contributed by atoms with Gasteiger partial charge in [0.1, 0.15) is 16.4 Å². The molecule has 7 heteroatoms. The van der Waals surface area contributed by atoms with E-state index in [1.165, 1.54) is 11.3 Å². The number of amides is 1. The second-order valence-electron chi connectivity index (χ2n) is 7.56. The minimum Gasteiger partial charge on any atom is -0.508 e. The maximum absolute atomic E-state index is 13.0. The van der Waals surface area contributed by atoms with Gasteiger partial charge in [0.05, 0.1) is 10.3 Å². The zero-order chi connectivity index (χ0) is 20.4. The van der Waals surface area contributed by atoms with Crippen LogP contribution in [0.4, 0.5) is 0 Å². The maximum atomic E-state index is 13.0. The van der Waals surface area contributed by atoms with Crippen LogP contribution in [0.15, 0.2) is 29.1 Å². The molecule has 3 heterocycles. The van der Waals surface area contributed by atoms with Crippen molar-refractivity contribution < 1.29 is 9.90 Å². The molecule has 2 aromatic heterocycles. The number of rotatable bonds is 5. The van der Waals surface area contributed by atoms with Crippen LogP contribution in [0.5, 0.6) is 5.75 Å². The zero-order valence-corrected chi connectivity index (χ0v) is 17.3. The molecule has 0 radical (unpaired) electrons. The zero-order valence-electron chi connectivity index (χ0n) is 16.5. The molecule has 6 nitrogen and oxygen atoms in total. The Kier molecular flexibility index (Phi) is 5.67. The third kappa shape index (κ3) is 4.05. The molecule has 152 valence electrons. The standard InChI is InChI=1S/C22H25N3O3S/c1-14-18-21(24-17-7-3-2-4-13-25(17)22(18)28)29-19(14)20(27)23-12-5-6-15-8-10-16(26)11-9-15/h8-11,26H,2-7,12-13H2,1H3,(H,23,27). The van der Waals surface area contributed by atoms with E-state index in [0.717, 1.165) is 55.5 Å². The average Bonchev–Trinajstić information content (AvgIpc) is 2.88. The highest BCUT2D eigenvalue weighted by atomic mass is 32.1. The van der Waals surface area contributed by atoms with Crippen LogP contribution < -0.4 is 10.9 Å². The van der Waals surface area contributed by atoms with Gasteiger partial charge >= 0.3 is 0 Å². The lowest BCUT2D eigenvalue weighted by Crippen LogP contribution is -2.25. The lowest BCUT2D eigenvalue weighted by atomic mass is 10.1. The van der Waals surface area contributed by atoms with Crippen molar-refractivity contribution in [3.63, 3.8) is 0 Å². The molecule has 0 saturated heterocycles. The second-order valence-corrected chi connectivity index (χ2v) is 8.56. The predicted octanol–water partition coefficient (Wildman–Crippen LogP) is 3.56. The fourth-order valence-corrected chi connectivity index (χ4v) is 4.97. The first-order chi connectivity index (χ1) is 14.0. The largest absolute Gasteiger partial charge is 0.508 e. The summed E-state index contributed by atoms with van der Waals surface area (Å²) < 4.78 is 1.80. The minimum atomic E-state index is -0.143. The van der Waals surface area contributed by atoms with Gasteiger partial charge in [-0.3, -0.25) is 14.2 Å². The molecule has 0 bridgehead atoms. The Morgan fingerprint density at radius 1 is 1.24 bits per heavy atom. The summed E-state index contributed by atoms with van der Waals surface area (Å²) >= 11 is 1.32. The lowest BCUT2D eigenvalue weighted by Gasteiger charge is -2.08. The van der Waals surface area contributed by atoms with Crippen LogP contribution in [-0.4, -0.2) is 27.1 Å². The Hall–Kier alpha value is -2.67. The Labute approximate surface area is 173 Å². The number of fused-ring (bicyclic) bond motifs is 2. The molecule has 0 unspecified atom stereocenters. The number of aryl methyl sites for hydroxylation is 3. The number of aromatic nitrogens is 2. The van der Waals surface area contributed by atoms with Crippen molar-refractivity contribution in [1.82, 2.24) is 14.9 Å². The van der Waals surface area contributed by atoms with Gasteiger partial charge in [0, 0.05) is 19.5 Å². The van der Waals surface area contributed by atoms with Gasteiger partial charge in [0.2, 0.25) is 0 Å². The number of nitrogens with one attached hydrogen (secondary N) is 1. The fraction of sp³-hybridized carbons (Fsp3) is 0.409. The molecule has 2 N–H and O–H groups in total. The van der Waals surface area contributed by atoms with E-state index in [1.807, 2.05) is 19.1 Å². The second kappa shape index (κ2) is 8.37. The van der Waals surface area contributed by atoms with Crippen LogP contribution in [0.25, 0.3) is 10.2 Å². The highest BCUT2D eigenvalue weighted by Crippen LogP contribution is 2.28. The normalized spacial score (nSPS) is 13.8. The first-order valence-corrected chi connectivity index (χ1v) is 10.9. The number of hydrogen-bond donors (Lipinski definition) is 2. The van der Waals surface area contributed by atoms with Crippen LogP contribution in [0.3, 0.4) is 0 Å². The van der Waals surface area contributed by atoms with Crippen molar-refractivity contribution in [3.05, 3.63) is 56.4 Å². The van der Waals surface area contributed by atoms with Crippen LogP contribution in [0.1, 0.15) is 52.3 Å². The number of nitrogens with zero attached hydrogens (tertiary/aromatic N) is 2. The van der Waals surface area contributed by atoms with Gasteiger partial charge in [-0.1, -0.05) is 18.6 Å². The Bertz CT molecular complexity index is 1100. The Morgan fingerprint density at radius 2 is 2.03 bits per heavy atom. The highest BCUT2D eigenvalue weighted by molar-refractivity contribution is 7.20. The quantitative estimate of drug-likeness (QED) is 0.629. The van der Waals surface area contributed by atoms with E-state index in [4.69, 9.17) is 4.98 Å². The molecular weight excluding hydrogens is 386 g/mol. The smallest absolute Gasteiger partial charge is 0.262 e. The van der Waals surface area contributed by atoms with E-state index in [2.05, 4.69) is 5.32 Å². The number of carbonyl (C=O) groups is 1. The molecule has 1 aromatic carbocycles. The summed E-state index contributed by atoms with van der Waals surface area (Å²) in [5, 5.41) is 12.9. The van der Waals surface area contributed by atoms with Crippen LogP contribution in [-0.2, 0) is 19.4 Å². The number of aromatic hydroxyl groups is 1. The van der Waals surface area contributed by atoms with E-state index in [-0.39, 0.29) is 17.2 Å². The van der Waals surface area contributed by atoms with Crippen molar-refractivity contribution in [2.75, 3.05) is 6.54 Å². The molecule has 4 rings (SSSR count).